The highest BCUT2D eigenvalue weighted by atomic mass is 15.3. The summed E-state index contributed by atoms with van der Waals surface area (Å²) in [5, 5.41) is 8.50. The molecule has 0 unspecified atom stereocenters. The minimum Gasteiger partial charge on any atom is -0.306 e. The van der Waals surface area contributed by atoms with E-state index in [0.29, 0.717) is 0 Å². The van der Waals surface area contributed by atoms with E-state index in [9.17, 15) is 0 Å². The number of hydrogen-bond acceptors (Lipinski definition) is 2. The van der Waals surface area contributed by atoms with Gasteiger partial charge in [-0.2, -0.15) is 5.10 Å². The Morgan fingerprint density at radius 2 is 1.50 bits per heavy atom. The van der Waals surface area contributed by atoms with Crippen LogP contribution in [0.25, 0.3) is 44.1 Å². The van der Waals surface area contributed by atoms with Crippen LogP contribution in [-0.4, -0.2) is 19.3 Å². The van der Waals surface area contributed by atoms with Crippen molar-refractivity contribution in [1.29, 1.82) is 0 Å². The van der Waals surface area contributed by atoms with E-state index in [0.717, 1.165) is 33.3 Å². The van der Waals surface area contributed by atoms with Gasteiger partial charge in [-0.15, -0.1) is 0 Å². The summed E-state index contributed by atoms with van der Waals surface area (Å²) in [6, 6.07) is 27.1. The van der Waals surface area contributed by atoms with E-state index < -0.39 is 0 Å². The van der Waals surface area contributed by atoms with Gasteiger partial charge in [0.15, 0.2) is 0 Å². The van der Waals surface area contributed by atoms with E-state index in [1.54, 1.807) is 6.20 Å². The second-order valence-corrected chi connectivity index (χ2v) is 6.87. The third kappa shape index (κ3) is 2.12. The number of para-hydroxylation sites is 2. The maximum absolute atomic E-state index is 4.97. The molecule has 28 heavy (non-hydrogen) atoms. The quantitative estimate of drug-likeness (QED) is 0.408. The molecule has 6 aromatic rings. The lowest BCUT2D eigenvalue weighted by Crippen LogP contribution is -1.96. The maximum atomic E-state index is 4.97. The summed E-state index contributed by atoms with van der Waals surface area (Å²) < 4.78 is 4.22. The van der Waals surface area contributed by atoms with Gasteiger partial charge in [-0.05, 0) is 30.3 Å². The van der Waals surface area contributed by atoms with Crippen LogP contribution in [0.4, 0.5) is 0 Å². The summed E-state index contributed by atoms with van der Waals surface area (Å²) in [6.45, 7) is 0. The Balaban J connectivity index is 1.78. The molecule has 3 aromatic heterocycles. The molecule has 3 heterocycles. The largest absolute Gasteiger partial charge is 0.306 e. The van der Waals surface area contributed by atoms with Crippen molar-refractivity contribution in [2.75, 3.05) is 0 Å². The predicted molar refractivity (Wildman–Crippen MR) is 113 cm³/mol. The Kier molecular flexibility index (Phi) is 3.14. The molecule has 3 aromatic carbocycles. The van der Waals surface area contributed by atoms with Crippen molar-refractivity contribution in [3.05, 3.63) is 97.5 Å². The van der Waals surface area contributed by atoms with Gasteiger partial charge in [0, 0.05) is 28.6 Å². The van der Waals surface area contributed by atoms with Crippen LogP contribution in [0.3, 0.4) is 0 Å². The van der Waals surface area contributed by atoms with Crippen molar-refractivity contribution < 1.29 is 0 Å². The molecule has 6 rings (SSSR count). The van der Waals surface area contributed by atoms with Gasteiger partial charge in [-0.1, -0.05) is 48.5 Å². The Bertz CT molecular complexity index is 1440. The lowest BCUT2D eigenvalue weighted by Gasteiger charge is -2.07. The molecule has 0 bridgehead atoms. The Hall–Kier alpha value is -3.92. The van der Waals surface area contributed by atoms with Gasteiger partial charge in [0.25, 0.3) is 0 Å². The first kappa shape index (κ1) is 15.2. The monoisotopic (exact) mass is 360 g/mol. The van der Waals surface area contributed by atoms with Crippen LogP contribution in [0.15, 0.2) is 97.5 Å². The molecule has 0 aliphatic carbocycles. The highest BCUT2D eigenvalue weighted by Crippen LogP contribution is 2.35. The first-order chi connectivity index (χ1) is 13.9. The van der Waals surface area contributed by atoms with E-state index in [2.05, 4.69) is 70.3 Å². The Labute approximate surface area is 161 Å². The van der Waals surface area contributed by atoms with Gasteiger partial charge in [0.05, 0.1) is 28.6 Å². The molecule has 4 nitrogen and oxygen atoms in total. The van der Waals surface area contributed by atoms with E-state index in [1.807, 2.05) is 35.1 Å². The molecule has 0 fully saturated rings. The van der Waals surface area contributed by atoms with Crippen molar-refractivity contribution in [2.24, 2.45) is 0 Å². The summed E-state index contributed by atoms with van der Waals surface area (Å²) in [4.78, 5) is 4.34. The Morgan fingerprint density at radius 3 is 2.36 bits per heavy atom. The van der Waals surface area contributed by atoms with E-state index in [4.69, 9.17) is 5.10 Å². The lowest BCUT2D eigenvalue weighted by atomic mass is 10.1. The summed E-state index contributed by atoms with van der Waals surface area (Å²) in [6.07, 6.45) is 5.80. The van der Waals surface area contributed by atoms with E-state index in [1.165, 1.54) is 10.8 Å². The van der Waals surface area contributed by atoms with Crippen molar-refractivity contribution >= 4 is 32.7 Å². The van der Waals surface area contributed by atoms with Gasteiger partial charge >= 0.3 is 0 Å². The lowest BCUT2D eigenvalue weighted by molar-refractivity contribution is 0.896. The third-order valence-electron chi connectivity index (χ3n) is 5.24. The van der Waals surface area contributed by atoms with Crippen molar-refractivity contribution in [3.63, 3.8) is 0 Å². The summed E-state index contributed by atoms with van der Waals surface area (Å²) in [7, 11) is 0. The first-order valence-corrected chi connectivity index (χ1v) is 9.27. The fourth-order valence-corrected chi connectivity index (χ4v) is 4.00. The predicted octanol–water partition coefficient (Wildman–Crippen LogP) is 5.52. The van der Waals surface area contributed by atoms with Gasteiger partial charge in [-0.3, -0.25) is 4.98 Å². The highest BCUT2D eigenvalue weighted by molar-refractivity contribution is 6.17. The molecule has 0 radical (unpaired) electrons. The van der Waals surface area contributed by atoms with Gasteiger partial charge in [0.2, 0.25) is 0 Å². The fourth-order valence-electron chi connectivity index (χ4n) is 4.00. The number of nitrogens with zero attached hydrogens (tertiary/aromatic N) is 4. The average Bonchev–Trinajstić information content (AvgIpc) is 3.34. The highest BCUT2D eigenvalue weighted by Gasteiger charge is 2.17. The fraction of sp³-hybridized carbons (Fsp3) is 0. The number of rotatable bonds is 2. The molecule has 0 amide bonds. The average molecular weight is 360 g/mol. The van der Waals surface area contributed by atoms with Crippen LogP contribution in [0.2, 0.25) is 0 Å². The zero-order valence-electron chi connectivity index (χ0n) is 15.0. The topological polar surface area (TPSA) is 35.6 Å². The summed E-state index contributed by atoms with van der Waals surface area (Å²) in [5.41, 5.74) is 5.35. The second kappa shape index (κ2) is 5.79. The smallest absolute Gasteiger partial charge is 0.117 e. The molecule has 0 aliphatic heterocycles. The van der Waals surface area contributed by atoms with Crippen LogP contribution in [0.1, 0.15) is 0 Å². The minimum atomic E-state index is 0.987. The first-order valence-electron chi connectivity index (χ1n) is 9.27. The molecule has 0 atom stereocenters. The molecule has 132 valence electrons. The minimum absolute atomic E-state index is 0.987. The summed E-state index contributed by atoms with van der Waals surface area (Å²) in [5.74, 6) is 0. The maximum Gasteiger partial charge on any atom is 0.117 e. The number of fused-ring (bicyclic) bond motifs is 5. The standard InChI is InChI=1S/C24H16N4/c1-2-7-18(8-3-1)27-16-17-12-13-21-20-10-4-5-11-22(20)28(24(21)23(17)26-27)19-9-6-14-25-15-19/h1-16H. The van der Waals surface area contributed by atoms with Crippen LogP contribution in [-0.2, 0) is 0 Å². The SMILES string of the molecule is c1ccc(-n2cc3ccc4c5ccccc5n(-c5cccnc5)c4c3n2)cc1. The number of aromatic nitrogens is 4. The zero-order valence-corrected chi connectivity index (χ0v) is 15.0. The molecule has 0 saturated heterocycles. The third-order valence-corrected chi connectivity index (χ3v) is 5.24. The van der Waals surface area contributed by atoms with Crippen molar-refractivity contribution in [2.45, 2.75) is 0 Å². The summed E-state index contributed by atoms with van der Waals surface area (Å²) >= 11 is 0. The molecular formula is C24H16N4. The number of pyridine rings is 1. The molecule has 0 spiro atoms. The Morgan fingerprint density at radius 1 is 0.679 bits per heavy atom. The van der Waals surface area contributed by atoms with E-state index >= 15 is 0 Å². The number of benzene rings is 3. The number of hydrogen-bond donors (Lipinski definition) is 0. The molecular weight excluding hydrogens is 344 g/mol. The molecule has 0 N–H and O–H groups in total. The van der Waals surface area contributed by atoms with Gasteiger partial charge in [0.1, 0.15) is 5.52 Å². The zero-order chi connectivity index (χ0) is 18.5. The van der Waals surface area contributed by atoms with Gasteiger partial charge in [-0.25, -0.2) is 4.68 Å². The molecule has 0 saturated carbocycles. The normalized spacial score (nSPS) is 11.6. The molecule has 0 aliphatic rings. The van der Waals surface area contributed by atoms with Gasteiger partial charge < -0.3 is 4.57 Å². The van der Waals surface area contributed by atoms with Crippen LogP contribution < -0.4 is 0 Å². The van der Waals surface area contributed by atoms with Crippen LogP contribution in [0.5, 0.6) is 0 Å². The van der Waals surface area contributed by atoms with Crippen LogP contribution >= 0.6 is 0 Å². The van der Waals surface area contributed by atoms with Crippen LogP contribution in [0, 0.1) is 0 Å². The van der Waals surface area contributed by atoms with Crippen molar-refractivity contribution in [1.82, 2.24) is 19.3 Å². The molecule has 4 heteroatoms. The van der Waals surface area contributed by atoms with E-state index in [-0.39, 0.29) is 0 Å². The van der Waals surface area contributed by atoms with Crippen molar-refractivity contribution in [3.8, 4) is 11.4 Å². The second-order valence-electron chi connectivity index (χ2n) is 6.87.